The van der Waals surface area contributed by atoms with Crippen molar-refractivity contribution in [2.24, 2.45) is 0 Å². The fourth-order valence-corrected chi connectivity index (χ4v) is 4.84. The van der Waals surface area contributed by atoms with E-state index in [2.05, 4.69) is 51.3 Å². The van der Waals surface area contributed by atoms with Gasteiger partial charge in [0.15, 0.2) is 0 Å². The van der Waals surface area contributed by atoms with E-state index in [1.807, 2.05) is 19.2 Å². The number of nitrogens with one attached hydrogen (secondary N) is 1. The van der Waals surface area contributed by atoms with Crippen LogP contribution in [0.2, 0.25) is 0 Å². The molecule has 0 aliphatic carbocycles. The van der Waals surface area contributed by atoms with Crippen molar-refractivity contribution in [3.05, 3.63) is 64.6 Å². The van der Waals surface area contributed by atoms with Gasteiger partial charge in [0.1, 0.15) is 0 Å². The quantitative estimate of drug-likeness (QED) is 0.726. The minimum absolute atomic E-state index is 0.199. The number of pyridine rings is 1. The number of hydrogen-bond donors (Lipinski definition) is 1. The van der Waals surface area contributed by atoms with Crippen molar-refractivity contribution in [1.29, 1.82) is 0 Å². The molecule has 136 valence electrons. The summed E-state index contributed by atoms with van der Waals surface area (Å²) in [5.41, 5.74) is 7.11. The summed E-state index contributed by atoms with van der Waals surface area (Å²) in [7, 11) is 0. The third kappa shape index (κ3) is 2.59. The predicted molar refractivity (Wildman–Crippen MR) is 108 cm³/mol. The summed E-state index contributed by atoms with van der Waals surface area (Å²) in [6, 6.07) is 11.1. The average molecular weight is 357 g/mol. The van der Waals surface area contributed by atoms with Crippen LogP contribution in [0.25, 0.3) is 23.1 Å². The van der Waals surface area contributed by atoms with Gasteiger partial charge in [-0.3, -0.25) is 9.78 Å². The largest absolute Gasteiger partial charge is 0.358 e. The van der Waals surface area contributed by atoms with Crippen molar-refractivity contribution in [3.8, 4) is 0 Å². The Labute approximate surface area is 158 Å². The number of benzene rings is 1. The maximum Gasteiger partial charge on any atom is 0.220 e. The van der Waals surface area contributed by atoms with E-state index in [0.29, 0.717) is 6.04 Å². The highest BCUT2D eigenvalue weighted by Crippen LogP contribution is 2.46. The highest BCUT2D eigenvalue weighted by Gasteiger charge is 2.43. The van der Waals surface area contributed by atoms with Gasteiger partial charge >= 0.3 is 0 Å². The Balaban J connectivity index is 1.58. The fourth-order valence-electron chi connectivity index (χ4n) is 4.84. The number of para-hydroxylation sites is 1. The molecule has 1 fully saturated rings. The third-order valence-electron chi connectivity index (χ3n) is 6.02. The third-order valence-corrected chi connectivity index (χ3v) is 6.02. The first kappa shape index (κ1) is 16.3. The summed E-state index contributed by atoms with van der Waals surface area (Å²) in [4.78, 5) is 22.3. The molecule has 1 amide bonds. The normalized spacial score (nSPS) is 21.2. The van der Waals surface area contributed by atoms with Crippen LogP contribution < -0.4 is 0 Å². The minimum atomic E-state index is 0.199. The van der Waals surface area contributed by atoms with Crippen molar-refractivity contribution in [2.75, 3.05) is 0 Å². The first-order valence-electron chi connectivity index (χ1n) is 9.65. The van der Waals surface area contributed by atoms with Crippen molar-refractivity contribution in [3.63, 3.8) is 0 Å². The standard InChI is InChI=1S/C23H23N3O/c1-14-6-7-16(13-24-14)8-9-17-4-3-5-19-22-20(25-23(17)19)12-18-10-11-21(22)26(18)15(2)27/h3-9,13,18,21,25H,10-12H2,1-2H3/b9-8+. The van der Waals surface area contributed by atoms with E-state index in [4.69, 9.17) is 0 Å². The molecule has 4 heterocycles. The van der Waals surface area contributed by atoms with E-state index in [-0.39, 0.29) is 11.9 Å². The second-order valence-corrected chi connectivity index (χ2v) is 7.73. The van der Waals surface area contributed by atoms with E-state index < -0.39 is 0 Å². The van der Waals surface area contributed by atoms with E-state index in [0.717, 1.165) is 30.5 Å². The molecule has 0 spiro atoms. The van der Waals surface area contributed by atoms with Gasteiger partial charge in [0.05, 0.1) is 11.6 Å². The first-order valence-corrected chi connectivity index (χ1v) is 9.65. The Morgan fingerprint density at radius 2 is 2.11 bits per heavy atom. The lowest BCUT2D eigenvalue weighted by atomic mass is 9.96. The van der Waals surface area contributed by atoms with Gasteiger partial charge in [-0.15, -0.1) is 0 Å². The van der Waals surface area contributed by atoms with Gasteiger partial charge in [0.2, 0.25) is 5.91 Å². The van der Waals surface area contributed by atoms with E-state index in [9.17, 15) is 4.79 Å². The molecule has 3 aromatic rings. The maximum atomic E-state index is 12.2. The monoisotopic (exact) mass is 357 g/mol. The number of nitrogens with zero attached hydrogens (tertiary/aromatic N) is 2. The van der Waals surface area contributed by atoms with E-state index in [1.165, 1.54) is 27.7 Å². The van der Waals surface area contributed by atoms with Crippen LogP contribution in [0.5, 0.6) is 0 Å². The number of carbonyl (C=O) groups excluding carboxylic acids is 1. The molecule has 2 atom stereocenters. The smallest absolute Gasteiger partial charge is 0.220 e. The van der Waals surface area contributed by atoms with Gasteiger partial charge in [0, 0.05) is 47.9 Å². The molecular formula is C23H23N3O. The van der Waals surface area contributed by atoms with Crippen LogP contribution in [-0.4, -0.2) is 26.8 Å². The van der Waals surface area contributed by atoms with Crippen molar-refractivity contribution < 1.29 is 4.79 Å². The number of hydrogen-bond acceptors (Lipinski definition) is 2. The number of aryl methyl sites for hydroxylation is 1. The summed E-state index contributed by atoms with van der Waals surface area (Å²) in [6.07, 6.45) is 9.26. The second-order valence-electron chi connectivity index (χ2n) is 7.73. The molecule has 2 aliphatic heterocycles. The van der Waals surface area contributed by atoms with Crippen LogP contribution in [0.3, 0.4) is 0 Å². The molecule has 2 unspecified atom stereocenters. The summed E-state index contributed by atoms with van der Waals surface area (Å²) in [5.74, 6) is 0.199. The number of fused-ring (bicyclic) bond motifs is 6. The van der Waals surface area contributed by atoms with Crippen LogP contribution in [0, 0.1) is 6.92 Å². The molecule has 2 aliphatic rings. The van der Waals surface area contributed by atoms with Gasteiger partial charge in [-0.05, 0) is 37.0 Å². The molecule has 4 heteroatoms. The molecule has 27 heavy (non-hydrogen) atoms. The number of carbonyl (C=O) groups is 1. The summed E-state index contributed by atoms with van der Waals surface area (Å²) in [6.45, 7) is 3.70. The average Bonchev–Trinajstić information content (AvgIpc) is 3.19. The molecule has 1 N–H and O–H groups in total. The van der Waals surface area contributed by atoms with Crippen LogP contribution in [0.15, 0.2) is 36.5 Å². The number of aromatic nitrogens is 2. The Hall–Kier alpha value is -2.88. The van der Waals surface area contributed by atoms with Crippen molar-refractivity contribution >= 4 is 29.0 Å². The highest BCUT2D eigenvalue weighted by atomic mass is 16.2. The highest BCUT2D eigenvalue weighted by molar-refractivity contribution is 5.94. The molecule has 2 aromatic heterocycles. The molecule has 2 bridgehead atoms. The zero-order valence-corrected chi connectivity index (χ0v) is 15.7. The fraction of sp³-hybridized carbons (Fsp3) is 0.304. The molecule has 5 rings (SSSR count). The van der Waals surface area contributed by atoms with Gasteiger partial charge < -0.3 is 9.88 Å². The van der Waals surface area contributed by atoms with Crippen molar-refractivity contribution in [2.45, 2.75) is 45.2 Å². The number of amides is 1. The molecule has 1 aromatic carbocycles. The number of aromatic amines is 1. The lowest BCUT2D eigenvalue weighted by Crippen LogP contribution is -2.40. The van der Waals surface area contributed by atoms with Crippen LogP contribution in [0.4, 0.5) is 0 Å². The van der Waals surface area contributed by atoms with Crippen LogP contribution in [0.1, 0.15) is 53.9 Å². The Morgan fingerprint density at radius 3 is 2.89 bits per heavy atom. The minimum Gasteiger partial charge on any atom is -0.358 e. The lowest BCUT2D eigenvalue weighted by Gasteiger charge is -2.34. The van der Waals surface area contributed by atoms with Gasteiger partial charge in [-0.25, -0.2) is 0 Å². The van der Waals surface area contributed by atoms with E-state index >= 15 is 0 Å². The SMILES string of the molecule is CC(=O)N1C2CCC1c1c([nH]c3c(/C=C/c4ccc(C)nc4)cccc13)C2. The summed E-state index contributed by atoms with van der Waals surface area (Å²) < 4.78 is 0. The summed E-state index contributed by atoms with van der Waals surface area (Å²) in [5, 5.41) is 1.26. The molecule has 4 nitrogen and oxygen atoms in total. The summed E-state index contributed by atoms with van der Waals surface area (Å²) >= 11 is 0. The Morgan fingerprint density at radius 1 is 1.22 bits per heavy atom. The number of rotatable bonds is 2. The second kappa shape index (κ2) is 6.08. The molecule has 0 radical (unpaired) electrons. The zero-order valence-electron chi connectivity index (χ0n) is 15.7. The zero-order chi connectivity index (χ0) is 18.5. The Bertz CT molecular complexity index is 1060. The van der Waals surface area contributed by atoms with Gasteiger partial charge in [0.25, 0.3) is 0 Å². The first-order chi connectivity index (χ1) is 13.1. The Kier molecular flexibility index (Phi) is 3.67. The topological polar surface area (TPSA) is 49.0 Å². The van der Waals surface area contributed by atoms with Crippen LogP contribution >= 0.6 is 0 Å². The predicted octanol–water partition coefficient (Wildman–Crippen LogP) is 4.65. The lowest BCUT2D eigenvalue weighted by molar-refractivity contribution is -0.132. The molecule has 0 saturated carbocycles. The van der Waals surface area contributed by atoms with Gasteiger partial charge in [-0.1, -0.05) is 36.4 Å². The van der Waals surface area contributed by atoms with Crippen molar-refractivity contribution in [1.82, 2.24) is 14.9 Å². The molecular weight excluding hydrogens is 334 g/mol. The van der Waals surface area contributed by atoms with Crippen LogP contribution in [-0.2, 0) is 11.2 Å². The van der Waals surface area contributed by atoms with E-state index in [1.54, 1.807) is 6.92 Å². The molecule has 1 saturated heterocycles. The van der Waals surface area contributed by atoms with Gasteiger partial charge in [-0.2, -0.15) is 0 Å². The number of H-pyrrole nitrogens is 1. The maximum absolute atomic E-state index is 12.2.